The fraction of sp³-hybridized carbons (Fsp3) is 0.385. The van der Waals surface area contributed by atoms with Crippen molar-refractivity contribution in [3.63, 3.8) is 0 Å². The van der Waals surface area contributed by atoms with Crippen LogP contribution in [-0.4, -0.2) is 18.2 Å². The van der Waals surface area contributed by atoms with Gasteiger partial charge >= 0.3 is 0 Å². The molecule has 0 fully saturated rings. The maximum absolute atomic E-state index is 11.5. The van der Waals surface area contributed by atoms with Crippen LogP contribution in [0.5, 0.6) is 0 Å². The van der Waals surface area contributed by atoms with Gasteiger partial charge in [-0.15, -0.1) is 0 Å². The minimum atomic E-state index is -0.103. The molecule has 0 aliphatic heterocycles. The Morgan fingerprint density at radius 2 is 1.69 bits per heavy atom. The van der Waals surface area contributed by atoms with Crippen LogP contribution in [0.4, 0.5) is 0 Å². The highest BCUT2D eigenvalue weighted by molar-refractivity contribution is 5.99. The number of amides is 1. The SMILES string of the molecule is CC.CCC(=O)NCC(=O)c1ccccc1. The van der Waals surface area contributed by atoms with Gasteiger partial charge in [0.2, 0.25) is 5.91 Å². The standard InChI is InChI=1S/C11H13NO2.C2H6/c1-2-11(14)12-8-10(13)9-6-4-3-5-7-9;1-2/h3-7H,2,8H2,1H3,(H,12,14);1-2H3. The van der Waals surface area contributed by atoms with Crippen LogP contribution in [0.15, 0.2) is 30.3 Å². The minimum Gasteiger partial charge on any atom is -0.349 e. The van der Waals surface area contributed by atoms with Crippen LogP contribution in [0.3, 0.4) is 0 Å². The number of hydrogen-bond acceptors (Lipinski definition) is 2. The van der Waals surface area contributed by atoms with E-state index >= 15 is 0 Å². The van der Waals surface area contributed by atoms with Gasteiger partial charge in [0.05, 0.1) is 6.54 Å². The van der Waals surface area contributed by atoms with E-state index in [0.29, 0.717) is 12.0 Å². The molecule has 0 radical (unpaired) electrons. The summed E-state index contributed by atoms with van der Waals surface area (Å²) in [4.78, 5) is 22.3. The number of ketones is 1. The average Bonchev–Trinajstić information content (AvgIpc) is 2.38. The van der Waals surface area contributed by atoms with E-state index < -0.39 is 0 Å². The molecule has 0 heterocycles. The van der Waals surface area contributed by atoms with E-state index in [9.17, 15) is 9.59 Å². The molecule has 1 N–H and O–H groups in total. The summed E-state index contributed by atoms with van der Waals surface area (Å²) in [6.45, 7) is 5.83. The lowest BCUT2D eigenvalue weighted by Gasteiger charge is -2.02. The van der Waals surface area contributed by atoms with Gasteiger partial charge in [0.15, 0.2) is 5.78 Å². The number of hydrogen-bond donors (Lipinski definition) is 1. The number of Topliss-reactive ketones (excluding diaryl/α,β-unsaturated/α-hetero) is 1. The molecular formula is C13H19NO2. The number of carbonyl (C=O) groups is 2. The van der Waals surface area contributed by atoms with Gasteiger partial charge in [-0.25, -0.2) is 0 Å². The lowest BCUT2D eigenvalue weighted by molar-refractivity contribution is -0.120. The average molecular weight is 221 g/mol. The van der Waals surface area contributed by atoms with Gasteiger partial charge in [0, 0.05) is 12.0 Å². The minimum absolute atomic E-state index is 0.0626. The van der Waals surface area contributed by atoms with E-state index in [1.54, 1.807) is 31.2 Å². The Morgan fingerprint density at radius 3 is 2.19 bits per heavy atom. The molecule has 0 saturated heterocycles. The van der Waals surface area contributed by atoms with E-state index in [-0.39, 0.29) is 18.2 Å². The van der Waals surface area contributed by atoms with Crippen LogP contribution in [0.2, 0.25) is 0 Å². The third-order valence-electron chi connectivity index (χ3n) is 1.86. The molecule has 0 spiro atoms. The molecule has 1 amide bonds. The second-order valence-electron chi connectivity index (χ2n) is 2.92. The first-order valence-electron chi connectivity index (χ1n) is 5.59. The molecule has 0 aliphatic carbocycles. The van der Waals surface area contributed by atoms with Gasteiger partial charge in [-0.3, -0.25) is 9.59 Å². The zero-order chi connectivity index (χ0) is 12.4. The van der Waals surface area contributed by atoms with E-state index in [0.717, 1.165) is 0 Å². The van der Waals surface area contributed by atoms with Crippen LogP contribution < -0.4 is 5.32 Å². The van der Waals surface area contributed by atoms with Gasteiger partial charge in [0.25, 0.3) is 0 Å². The molecule has 3 heteroatoms. The lowest BCUT2D eigenvalue weighted by atomic mass is 10.1. The van der Waals surface area contributed by atoms with Crippen molar-refractivity contribution in [2.45, 2.75) is 27.2 Å². The quantitative estimate of drug-likeness (QED) is 0.794. The van der Waals surface area contributed by atoms with Crippen LogP contribution in [0, 0.1) is 0 Å². The van der Waals surface area contributed by atoms with Crippen molar-refractivity contribution < 1.29 is 9.59 Å². The number of nitrogens with one attached hydrogen (secondary N) is 1. The molecule has 0 unspecified atom stereocenters. The summed E-state index contributed by atoms with van der Waals surface area (Å²) >= 11 is 0. The zero-order valence-electron chi connectivity index (χ0n) is 10.1. The number of benzene rings is 1. The van der Waals surface area contributed by atoms with E-state index in [1.807, 2.05) is 19.9 Å². The highest BCUT2D eigenvalue weighted by Crippen LogP contribution is 1.98. The summed E-state index contributed by atoms with van der Waals surface area (Å²) < 4.78 is 0. The van der Waals surface area contributed by atoms with Crippen molar-refractivity contribution in [3.05, 3.63) is 35.9 Å². The van der Waals surface area contributed by atoms with E-state index in [1.165, 1.54) is 0 Å². The summed E-state index contributed by atoms with van der Waals surface area (Å²) in [6, 6.07) is 8.92. The smallest absolute Gasteiger partial charge is 0.220 e. The van der Waals surface area contributed by atoms with Crippen molar-refractivity contribution >= 4 is 11.7 Å². The number of rotatable bonds is 4. The monoisotopic (exact) mass is 221 g/mol. The second kappa shape index (κ2) is 8.65. The largest absolute Gasteiger partial charge is 0.349 e. The predicted octanol–water partition coefficient (Wildman–Crippen LogP) is 2.42. The maximum atomic E-state index is 11.5. The summed E-state index contributed by atoms with van der Waals surface area (Å²) in [5.74, 6) is -0.165. The van der Waals surface area contributed by atoms with Crippen LogP contribution in [0.1, 0.15) is 37.6 Å². The summed E-state index contributed by atoms with van der Waals surface area (Å²) in [6.07, 6.45) is 0.405. The Balaban J connectivity index is 0.00000106. The van der Waals surface area contributed by atoms with Gasteiger partial charge in [-0.1, -0.05) is 51.1 Å². The molecule has 88 valence electrons. The van der Waals surface area contributed by atoms with E-state index in [4.69, 9.17) is 0 Å². The third-order valence-corrected chi connectivity index (χ3v) is 1.86. The molecule has 0 aromatic heterocycles. The van der Waals surface area contributed by atoms with Gasteiger partial charge in [0.1, 0.15) is 0 Å². The van der Waals surface area contributed by atoms with Crippen LogP contribution in [0.25, 0.3) is 0 Å². The Morgan fingerprint density at radius 1 is 1.12 bits per heavy atom. The molecule has 1 aromatic carbocycles. The van der Waals surface area contributed by atoms with Crippen molar-refractivity contribution in [2.24, 2.45) is 0 Å². The molecule has 16 heavy (non-hydrogen) atoms. The van der Waals surface area contributed by atoms with Crippen molar-refractivity contribution in [1.82, 2.24) is 5.32 Å². The molecule has 0 saturated carbocycles. The highest BCUT2D eigenvalue weighted by Gasteiger charge is 2.05. The Kier molecular flexibility index (Phi) is 7.76. The summed E-state index contributed by atoms with van der Waals surface area (Å²) in [5.41, 5.74) is 0.629. The van der Waals surface area contributed by atoms with Crippen molar-refractivity contribution in [1.29, 1.82) is 0 Å². The van der Waals surface area contributed by atoms with Gasteiger partial charge in [-0.2, -0.15) is 0 Å². The molecular weight excluding hydrogens is 202 g/mol. The Bertz CT molecular complexity index is 320. The first-order chi connectivity index (χ1) is 7.74. The normalized spacial score (nSPS) is 8.69. The fourth-order valence-electron chi connectivity index (χ4n) is 1.03. The highest BCUT2D eigenvalue weighted by atomic mass is 16.2. The lowest BCUT2D eigenvalue weighted by Crippen LogP contribution is -2.28. The van der Waals surface area contributed by atoms with Gasteiger partial charge in [-0.05, 0) is 0 Å². The fourth-order valence-corrected chi connectivity index (χ4v) is 1.03. The predicted molar refractivity (Wildman–Crippen MR) is 65.4 cm³/mol. The molecule has 0 aliphatic rings. The molecule has 1 rings (SSSR count). The van der Waals surface area contributed by atoms with Gasteiger partial charge < -0.3 is 5.32 Å². The Labute approximate surface area is 96.9 Å². The number of carbonyl (C=O) groups excluding carboxylic acids is 2. The zero-order valence-corrected chi connectivity index (χ0v) is 10.1. The van der Waals surface area contributed by atoms with Crippen molar-refractivity contribution in [3.8, 4) is 0 Å². The summed E-state index contributed by atoms with van der Waals surface area (Å²) in [7, 11) is 0. The summed E-state index contributed by atoms with van der Waals surface area (Å²) in [5, 5.41) is 2.54. The first-order valence-corrected chi connectivity index (χ1v) is 5.59. The Hall–Kier alpha value is -1.64. The second-order valence-corrected chi connectivity index (χ2v) is 2.92. The first kappa shape index (κ1) is 14.4. The van der Waals surface area contributed by atoms with Crippen molar-refractivity contribution in [2.75, 3.05) is 6.54 Å². The topological polar surface area (TPSA) is 46.2 Å². The molecule has 3 nitrogen and oxygen atoms in total. The molecule has 1 aromatic rings. The molecule has 0 bridgehead atoms. The third kappa shape index (κ3) is 5.29. The van der Waals surface area contributed by atoms with Crippen LogP contribution in [-0.2, 0) is 4.79 Å². The van der Waals surface area contributed by atoms with Crippen LogP contribution >= 0.6 is 0 Å². The maximum Gasteiger partial charge on any atom is 0.220 e. The molecule has 0 atom stereocenters. The van der Waals surface area contributed by atoms with E-state index in [2.05, 4.69) is 5.32 Å².